The van der Waals surface area contributed by atoms with E-state index >= 15 is 0 Å². The highest BCUT2D eigenvalue weighted by atomic mass is 32.1. The van der Waals surface area contributed by atoms with Gasteiger partial charge in [0.15, 0.2) is 0 Å². The molecule has 1 aromatic heterocycles. The van der Waals surface area contributed by atoms with E-state index in [9.17, 15) is 9.59 Å². The molecule has 0 aliphatic rings. The van der Waals surface area contributed by atoms with Crippen LogP contribution in [-0.4, -0.2) is 23.7 Å². The Morgan fingerprint density at radius 2 is 2.21 bits per heavy atom. The van der Waals surface area contributed by atoms with Crippen LogP contribution in [0.1, 0.15) is 38.8 Å². The molecular formula is C13H20N2O3S. The fourth-order valence-electron chi connectivity index (χ4n) is 1.48. The summed E-state index contributed by atoms with van der Waals surface area (Å²) < 4.78 is 0. The van der Waals surface area contributed by atoms with E-state index in [-0.39, 0.29) is 18.6 Å². The first-order chi connectivity index (χ1) is 8.89. The Kier molecular flexibility index (Phi) is 5.35. The lowest BCUT2D eigenvalue weighted by Crippen LogP contribution is -2.45. The third-order valence-corrected chi connectivity index (χ3v) is 4.03. The number of hydrogen-bond acceptors (Lipinski definition) is 3. The van der Waals surface area contributed by atoms with Crippen LogP contribution in [0, 0.1) is 5.41 Å². The van der Waals surface area contributed by atoms with Gasteiger partial charge in [-0.15, -0.1) is 0 Å². The largest absolute Gasteiger partial charge is 0.481 e. The van der Waals surface area contributed by atoms with E-state index in [1.54, 1.807) is 25.2 Å². The molecule has 0 saturated heterocycles. The van der Waals surface area contributed by atoms with Gasteiger partial charge in [-0.25, -0.2) is 4.79 Å². The summed E-state index contributed by atoms with van der Waals surface area (Å²) in [6, 6.07) is 1.51. The maximum absolute atomic E-state index is 11.7. The second kappa shape index (κ2) is 6.56. The standard InChI is InChI=1S/C13H20N2O3S/c1-4-13(3,11(16)17)8-14-12(18)15-9(2)10-5-6-19-7-10/h5-7,9H,4,8H2,1-3H3,(H,16,17)(H2,14,15,18). The molecule has 0 aliphatic heterocycles. The fourth-order valence-corrected chi connectivity index (χ4v) is 2.23. The molecule has 0 aromatic carbocycles. The molecule has 2 amide bonds. The fraction of sp³-hybridized carbons (Fsp3) is 0.538. The molecule has 0 aliphatic carbocycles. The van der Waals surface area contributed by atoms with Gasteiger partial charge in [0, 0.05) is 6.54 Å². The van der Waals surface area contributed by atoms with Gasteiger partial charge in [0.05, 0.1) is 11.5 Å². The molecule has 0 bridgehead atoms. The van der Waals surface area contributed by atoms with Crippen LogP contribution in [0.5, 0.6) is 0 Å². The maximum Gasteiger partial charge on any atom is 0.315 e. The topological polar surface area (TPSA) is 78.4 Å². The zero-order valence-electron chi connectivity index (χ0n) is 11.4. The lowest BCUT2D eigenvalue weighted by atomic mass is 9.88. The van der Waals surface area contributed by atoms with Crippen molar-refractivity contribution in [2.24, 2.45) is 5.41 Å². The summed E-state index contributed by atoms with van der Waals surface area (Å²) in [7, 11) is 0. The van der Waals surface area contributed by atoms with Crippen LogP contribution >= 0.6 is 11.3 Å². The summed E-state index contributed by atoms with van der Waals surface area (Å²) in [6.45, 7) is 5.42. The van der Waals surface area contributed by atoms with Crippen molar-refractivity contribution in [3.63, 3.8) is 0 Å². The number of carboxylic acids is 1. The second-order valence-corrected chi connectivity index (χ2v) is 5.60. The molecule has 0 radical (unpaired) electrons. The molecule has 19 heavy (non-hydrogen) atoms. The Balaban J connectivity index is 2.46. The van der Waals surface area contributed by atoms with E-state index in [2.05, 4.69) is 10.6 Å². The van der Waals surface area contributed by atoms with Crippen molar-refractivity contribution in [2.45, 2.75) is 33.2 Å². The lowest BCUT2D eigenvalue weighted by molar-refractivity contribution is -0.147. The minimum absolute atomic E-state index is 0.0936. The molecule has 0 fully saturated rings. The number of amides is 2. The van der Waals surface area contributed by atoms with Gasteiger partial charge in [-0.05, 0) is 42.7 Å². The van der Waals surface area contributed by atoms with Crippen molar-refractivity contribution in [2.75, 3.05) is 6.54 Å². The number of urea groups is 1. The number of carbonyl (C=O) groups excluding carboxylic acids is 1. The maximum atomic E-state index is 11.7. The van der Waals surface area contributed by atoms with Gasteiger partial charge in [-0.2, -0.15) is 11.3 Å². The third kappa shape index (κ3) is 4.24. The summed E-state index contributed by atoms with van der Waals surface area (Å²) in [6.07, 6.45) is 0.461. The molecule has 0 spiro atoms. The average Bonchev–Trinajstić information content (AvgIpc) is 2.89. The van der Waals surface area contributed by atoms with Crippen LogP contribution in [0.15, 0.2) is 16.8 Å². The molecule has 2 atom stereocenters. The normalized spacial score (nSPS) is 15.3. The molecular weight excluding hydrogens is 264 g/mol. The van der Waals surface area contributed by atoms with Crippen molar-refractivity contribution in [1.29, 1.82) is 0 Å². The van der Waals surface area contributed by atoms with Crippen LogP contribution in [0.25, 0.3) is 0 Å². The Bertz CT molecular complexity index is 433. The van der Waals surface area contributed by atoms with E-state index in [0.29, 0.717) is 6.42 Å². The molecule has 6 heteroatoms. The molecule has 1 heterocycles. The zero-order valence-corrected chi connectivity index (χ0v) is 12.2. The highest BCUT2D eigenvalue weighted by molar-refractivity contribution is 7.07. The number of aliphatic carboxylic acids is 1. The van der Waals surface area contributed by atoms with Crippen LogP contribution in [-0.2, 0) is 4.79 Å². The second-order valence-electron chi connectivity index (χ2n) is 4.82. The summed E-state index contributed by atoms with van der Waals surface area (Å²) in [4.78, 5) is 22.8. The first-order valence-electron chi connectivity index (χ1n) is 6.19. The predicted octanol–water partition coefficient (Wildman–Crippen LogP) is 2.61. The Morgan fingerprint density at radius 3 is 2.68 bits per heavy atom. The van der Waals surface area contributed by atoms with Gasteiger partial charge >= 0.3 is 12.0 Å². The van der Waals surface area contributed by atoms with Crippen LogP contribution in [0.3, 0.4) is 0 Å². The van der Waals surface area contributed by atoms with Gasteiger partial charge in [0.2, 0.25) is 0 Å². The van der Waals surface area contributed by atoms with Gasteiger partial charge in [-0.3, -0.25) is 4.79 Å². The predicted molar refractivity (Wildman–Crippen MR) is 75.3 cm³/mol. The van der Waals surface area contributed by atoms with Crippen LogP contribution < -0.4 is 10.6 Å². The number of nitrogens with one attached hydrogen (secondary N) is 2. The van der Waals surface area contributed by atoms with Gasteiger partial charge in [0.25, 0.3) is 0 Å². The van der Waals surface area contributed by atoms with E-state index in [0.717, 1.165) is 5.56 Å². The van der Waals surface area contributed by atoms with E-state index in [1.165, 1.54) is 0 Å². The Hall–Kier alpha value is -1.56. The molecule has 1 aromatic rings. The average molecular weight is 284 g/mol. The van der Waals surface area contributed by atoms with Gasteiger partial charge in [0.1, 0.15) is 0 Å². The highest BCUT2D eigenvalue weighted by Crippen LogP contribution is 2.20. The van der Waals surface area contributed by atoms with E-state index in [1.807, 2.05) is 23.8 Å². The van der Waals surface area contributed by atoms with E-state index < -0.39 is 11.4 Å². The van der Waals surface area contributed by atoms with Crippen molar-refractivity contribution in [3.05, 3.63) is 22.4 Å². The van der Waals surface area contributed by atoms with Crippen LogP contribution in [0.4, 0.5) is 4.79 Å². The third-order valence-electron chi connectivity index (χ3n) is 3.33. The van der Waals surface area contributed by atoms with Crippen LogP contribution in [0.2, 0.25) is 0 Å². The first-order valence-corrected chi connectivity index (χ1v) is 7.13. The van der Waals surface area contributed by atoms with E-state index in [4.69, 9.17) is 5.11 Å². The van der Waals surface area contributed by atoms with Gasteiger partial charge in [-0.1, -0.05) is 6.92 Å². The summed E-state index contributed by atoms with van der Waals surface area (Å²) in [5.74, 6) is -0.902. The molecule has 106 valence electrons. The van der Waals surface area contributed by atoms with Crippen molar-refractivity contribution in [3.8, 4) is 0 Å². The summed E-state index contributed by atoms with van der Waals surface area (Å²) >= 11 is 1.57. The minimum Gasteiger partial charge on any atom is -0.481 e. The van der Waals surface area contributed by atoms with Crippen molar-refractivity contribution < 1.29 is 14.7 Å². The lowest BCUT2D eigenvalue weighted by Gasteiger charge is -2.24. The molecule has 0 saturated carbocycles. The zero-order chi connectivity index (χ0) is 14.5. The number of rotatable bonds is 6. The number of thiophene rings is 1. The van der Waals surface area contributed by atoms with Gasteiger partial charge < -0.3 is 15.7 Å². The van der Waals surface area contributed by atoms with Crippen molar-refractivity contribution >= 4 is 23.3 Å². The minimum atomic E-state index is -0.928. The summed E-state index contributed by atoms with van der Waals surface area (Å²) in [5, 5.41) is 18.4. The Morgan fingerprint density at radius 1 is 1.53 bits per heavy atom. The first kappa shape index (κ1) is 15.5. The molecule has 5 nitrogen and oxygen atoms in total. The molecule has 2 unspecified atom stereocenters. The highest BCUT2D eigenvalue weighted by Gasteiger charge is 2.31. The molecule has 3 N–H and O–H groups in total. The quantitative estimate of drug-likeness (QED) is 0.751. The molecule has 1 rings (SSSR count). The van der Waals surface area contributed by atoms with Crippen molar-refractivity contribution in [1.82, 2.24) is 10.6 Å². The summed E-state index contributed by atoms with van der Waals surface area (Å²) in [5.41, 5.74) is 0.111. The number of hydrogen-bond donors (Lipinski definition) is 3. The monoisotopic (exact) mass is 284 g/mol. The number of carbonyl (C=O) groups is 2. The Labute approximate surface area is 117 Å². The number of carboxylic acid groups (broad SMARTS) is 1. The SMILES string of the molecule is CCC(C)(CNC(=O)NC(C)c1ccsc1)C(=O)O. The smallest absolute Gasteiger partial charge is 0.315 e.